The number of fused-ring (bicyclic) bond motifs is 3. The Morgan fingerprint density at radius 1 is 0.591 bits per heavy atom. The van der Waals surface area contributed by atoms with Crippen LogP contribution in [0.1, 0.15) is 85.0 Å². The van der Waals surface area contributed by atoms with Crippen LogP contribution in [-0.2, 0) is 11.8 Å². The van der Waals surface area contributed by atoms with Gasteiger partial charge in [0.05, 0.1) is 16.7 Å². The third-order valence-electron chi connectivity index (χ3n) is 12.7. The second kappa shape index (κ2) is 22.4. The molecule has 0 saturated heterocycles. The molecule has 0 saturated carbocycles. The molecule has 0 spiro atoms. The molecule has 66 heavy (non-hydrogen) atoms. The number of aryl methyl sites for hydroxylation is 4. The molecule has 1 heterocycles. The Labute approximate surface area is 395 Å². The Balaban J connectivity index is 0.000000269. The fraction of sp³-hybridized carbons (Fsp3) is 0.172. The van der Waals surface area contributed by atoms with E-state index < -0.39 is 0 Å². The highest BCUT2D eigenvalue weighted by Gasteiger charge is 2.39. The van der Waals surface area contributed by atoms with E-state index in [4.69, 9.17) is 0 Å². The number of aliphatic imine (C=N–C) groups is 1. The van der Waals surface area contributed by atoms with E-state index in [0.29, 0.717) is 0 Å². The molecule has 2 nitrogen and oxygen atoms in total. The van der Waals surface area contributed by atoms with Gasteiger partial charge in [0.15, 0.2) is 0 Å². The van der Waals surface area contributed by atoms with Gasteiger partial charge in [0.1, 0.15) is 0 Å². The van der Waals surface area contributed by atoms with Gasteiger partial charge in [-0.25, -0.2) is 0 Å². The molecule has 0 aliphatic rings. The molecule has 1 aromatic heterocycles. The Kier molecular flexibility index (Phi) is 16.3. The molecule has 0 bridgehead atoms. The summed E-state index contributed by atoms with van der Waals surface area (Å²) in [4.78, 5) is 4.27. The molecule has 2 unspecified atom stereocenters. The lowest BCUT2D eigenvalue weighted by Crippen LogP contribution is -2.32. The maximum atomic E-state index is 4.27. The minimum Gasteiger partial charge on any atom is -0.309 e. The Bertz CT molecular complexity index is 3040. The van der Waals surface area contributed by atoms with Gasteiger partial charge in [-0.2, -0.15) is 0 Å². The van der Waals surface area contributed by atoms with Gasteiger partial charge < -0.3 is 4.57 Å². The van der Waals surface area contributed by atoms with E-state index in [1.54, 1.807) is 0 Å². The summed E-state index contributed by atoms with van der Waals surface area (Å²) in [5.74, 6) is 0.224. The van der Waals surface area contributed by atoms with E-state index in [-0.39, 0.29) is 11.3 Å². The summed E-state index contributed by atoms with van der Waals surface area (Å²) in [6.45, 7) is 21.6. The number of aromatic nitrogens is 1. The standard InChI is InChI=1S/C43H39N.C11H13N.C8H10.C2H2/c1-29-16-12-13-21-36(29)39-28-35(26-24-30(39)2)44-40-23-15-14-22-37(40)38-27-25-31(3)41(42(38)44)43(5,34-19-10-7-11-20-34)32(4)33-17-8-6-9-18-33;1-9(2)12-10(3)11-7-5-4-6-8-11;1-2-8-6-4-3-5-7-8;1-2/h6-28,32H,1-5H3;4-8H,3H2,1-2H3;3-7H,2H2,1H3;1-2H. The highest BCUT2D eigenvalue weighted by atomic mass is 15.0. The van der Waals surface area contributed by atoms with Gasteiger partial charge in [0.25, 0.3) is 0 Å². The fourth-order valence-electron chi connectivity index (χ4n) is 9.15. The SMILES string of the molecule is C#C.C=C(N=C(C)C)c1ccccc1.CCc1ccccc1.Cc1ccccc1-c1cc(-n2c3ccccc3c3ccc(C)c(C(C)(c4ccccc4)C(C)c4ccccc4)c32)ccc1C. The van der Waals surface area contributed by atoms with Crippen LogP contribution in [0, 0.1) is 33.6 Å². The Morgan fingerprint density at radius 2 is 1.12 bits per heavy atom. The molecule has 0 fully saturated rings. The molecule has 2 heteroatoms. The van der Waals surface area contributed by atoms with Crippen LogP contribution < -0.4 is 0 Å². The zero-order valence-corrected chi connectivity index (χ0v) is 40.1. The quantitative estimate of drug-likeness (QED) is 0.102. The third kappa shape index (κ3) is 10.6. The Morgan fingerprint density at radius 3 is 1.73 bits per heavy atom. The number of rotatable bonds is 9. The fourth-order valence-corrected chi connectivity index (χ4v) is 9.15. The van der Waals surface area contributed by atoms with Crippen molar-refractivity contribution >= 4 is 33.2 Å². The van der Waals surface area contributed by atoms with E-state index in [9.17, 15) is 0 Å². The van der Waals surface area contributed by atoms with Crippen molar-refractivity contribution in [3.8, 4) is 29.7 Å². The average molecular weight is 861 g/mol. The lowest BCUT2D eigenvalue weighted by molar-refractivity contribution is 0.474. The molecule has 0 N–H and O–H groups in total. The van der Waals surface area contributed by atoms with E-state index in [1.807, 2.05) is 50.2 Å². The molecular weight excluding hydrogens is 797 g/mol. The van der Waals surface area contributed by atoms with E-state index >= 15 is 0 Å². The highest BCUT2D eigenvalue weighted by Crippen LogP contribution is 2.50. The van der Waals surface area contributed by atoms with Gasteiger partial charge in [0.2, 0.25) is 0 Å². The van der Waals surface area contributed by atoms with Crippen molar-refractivity contribution in [1.82, 2.24) is 4.57 Å². The first-order valence-electron chi connectivity index (χ1n) is 23.0. The molecule has 0 aliphatic heterocycles. The van der Waals surface area contributed by atoms with Crippen LogP contribution in [0.2, 0.25) is 0 Å². The minimum atomic E-state index is -0.304. The van der Waals surface area contributed by atoms with E-state index in [0.717, 1.165) is 23.4 Å². The van der Waals surface area contributed by atoms with Crippen LogP contribution in [0.3, 0.4) is 0 Å². The number of nitrogens with zero attached hydrogens (tertiary/aromatic N) is 2. The van der Waals surface area contributed by atoms with E-state index in [2.05, 4.69) is 234 Å². The number of hydrogen-bond acceptors (Lipinski definition) is 1. The predicted octanol–water partition coefficient (Wildman–Crippen LogP) is 17.1. The summed E-state index contributed by atoms with van der Waals surface area (Å²) in [5, 5.41) is 2.58. The van der Waals surface area contributed by atoms with Gasteiger partial charge in [-0.05, 0) is 121 Å². The lowest BCUT2D eigenvalue weighted by atomic mass is 9.64. The monoisotopic (exact) mass is 861 g/mol. The van der Waals surface area contributed by atoms with Crippen molar-refractivity contribution in [2.75, 3.05) is 0 Å². The van der Waals surface area contributed by atoms with Crippen molar-refractivity contribution in [2.24, 2.45) is 4.99 Å². The van der Waals surface area contributed by atoms with Crippen LogP contribution in [0.5, 0.6) is 0 Å². The molecule has 8 aromatic carbocycles. The summed E-state index contributed by atoms with van der Waals surface area (Å²) in [5.41, 5.74) is 18.3. The van der Waals surface area contributed by atoms with Crippen molar-refractivity contribution in [3.05, 3.63) is 251 Å². The molecular formula is C64H64N2. The van der Waals surface area contributed by atoms with Crippen LogP contribution in [0.4, 0.5) is 0 Å². The minimum absolute atomic E-state index is 0.224. The summed E-state index contributed by atoms with van der Waals surface area (Å²) in [7, 11) is 0. The predicted molar refractivity (Wildman–Crippen MR) is 288 cm³/mol. The number of hydrogen-bond donors (Lipinski definition) is 0. The zero-order chi connectivity index (χ0) is 47.2. The van der Waals surface area contributed by atoms with Crippen LogP contribution in [0.15, 0.2) is 212 Å². The molecule has 0 aliphatic carbocycles. The summed E-state index contributed by atoms with van der Waals surface area (Å²) in [6, 6.07) is 71.9. The van der Waals surface area contributed by atoms with Gasteiger partial charge in [0, 0.05) is 27.6 Å². The summed E-state index contributed by atoms with van der Waals surface area (Å²) in [6.07, 6.45) is 9.14. The number of benzene rings is 8. The Hall–Kier alpha value is -7.47. The molecule has 0 amide bonds. The normalized spacial score (nSPS) is 11.9. The summed E-state index contributed by atoms with van der Waals surface area (Å²) < 4.78 is 2.53. The molecule has 2 atom stereocenters. The largest absolute Gasteiger partial charge is 0.309 e. The second-order valence-corrected chi connectivity index (χ2v) is 17.2. The number of terminal acetylenes is 1. The van der Waals surface area contributed by atoms with Crippen molar-refractivity contribution < 1.29 is 0 Å². The first-order valence-corrected chi connectivity index (χ1v) is 23.0. The van der Waals surface area contributed by atoms with Crippen molar-refractivity contribution in [2.45, 2.75) is 73.1 Å². The average Bonchev–Trinajstić information content (AvgIpc) is 3.70. The van der Waals surface area contributed by atoms with Crippen molar-refractivity contribution in [3.63, 3.8) is 0 Å². The molecule has 9 rings (SSSR count). The van der Waals surface area contributed by atoms with Gasteiger partial charge >= 0.3 is 0 Å². The van der Waals surface area contributed by atoms with Crippen molar-refractivity contribution in [1.29, 1.82) is 0 Å². The first kappa shape index (κ1) is 48.0. The summed E-state index contributed by atoms with van der Waals surface area (Å²) >= 11 is 0. The van der Waals surface area contributed by atoms with E-state index in [1.165, 1.54) is 77.6 Å². The maximum Gasteiger partial charge on any atom is 0.0629 e. The van der Waals surface area contributed by atoms with Gasteiger partial charge in [-0.1, -0.05) is 209 Å². The van der Waals surface area contributed by atoms with Gasteiger partial charge in [-0.3, -0.25) is 4.99 Å². The molecule has 0 radical (unpaired) electrons. The maximum absolute atomic E-state index is 4.27. The number of para-hydroxylation sites is 1. The van der Waals surface area contributed by atoms with Crippen LogP contribution >= 0.6 is 0 Å². The third-order valence-corrected chi connectivity index (χ3v) is 12.7. The van der Waals surface area contributed by atoms with Crippen LogP contribution in [0.25, 0.3) is 44.3 Å². The molecule has 330 valence electrons. The van der Waals surface area contributed by atoms with Gasteiger partial charge in [-0.15, -0.1) is 12.8 Å². The topological polar surface area (TPSA) is 17.3 Å². The van der Waals surface area contributed by atoms with Crippen LogP contribution in [-0.4, -0.2) is 10.3 Å². The first-order chi connectivity index (χ1) is 32.0. The second-order valence-electron chi connectivity index (χ2n) is 17.2. The highest BCUT2D eigenvalue weighted by molar-refractivity contribution is 6.11. The zero-order valence-electron chi connectivity index (χ0n) is 40.1. The molecule has 9 aromatic rings. The lowest BCUT2D eigenvalue weighted by Gasteiger charge is -2.39. The smallest absolute Gasteiger partial charge is 0.0629 e.